The lowest BCUT2D eigenvalue weighted by atomic mass is 10.2. The molecule has 16 heavy (non-hydrogen) atoms. The van der Waals surface area contributed by atoms with E-state index in [0.29, 0.717) is 0 Å². The lowest BCUT2D eigenvalue weighted by Gasteiger charge is -1.89. The van der Waals surface area contributed by atoms with Gasteiger partial charge >= 0.3 is 5.97 Å². The van der Waals surface area contributed by atoms with Crippen molar-refractivity contribution in [3.05, 3.63) is 53.7 Å². The third-order valence-electron chi connectivity index (χ3n) is 1.95. The minimum atomic E-state index is -1.12. The van der Waals surface area contributed by atoms with Crippen LogP contribution < -0.4 is 0 Å². The van der Waals surface area contributed by atoms with Crippen molar-refractivity contribution >= 4 is 18.1 Å². The van der Waals surface area contributed by atoms with Crippen LogP contribution >= 0.6 is 0 Å². The number of aromatic carboxylic acids is 1. The molecule has 0 saturated carbocycles. The largest absolute Gasteiger partial charge is 0.475 e. The van der Waals surface area contributed by atoms with Gasteiger partial charge in [-0.05, 0) is 11.6 Å². The van der Waals surface area contributed by atoms with E-state index in [4.69, 9.17) is 9.52 Å². The molecule has 0 radical (unpaired) electrons. The number of carboxylic acid groups (broad SMARTS) is 1. The number of carbonyl (C=O) groups is 1. The van der Waals surface area contributed by atoms with E-state index in [1.165, 1.54) is 6.20 Å². The number of hydrogen-bond acceptors (Lipinski definition) is 3. The molecule has 0 aliphatic rings. The Balaban J connectivity index is 2.15. The second-order valence-electron chi connectivity index (χ2n) is 3.11. The van der Waals surface area contributed by atoms with Crippen LogP contribution in [0.4, 0.5) is 0 Å². The van der Waals surface area contributed by atoms with E-state index >= 15 is 0 Å². The van der Waals surface area contributed by atoms with E-state index in [1.807, 2.05) is 30.3 Å². The van der Waals surface area contributed by atoms with Crippen LogP contribution in [0.3, 0.4) is 0 Å². The van der Waals surface area contributed by atoms with Crippen molar-refractivity contribution < 1.29 is 14.3 Å². The molecule has 1 heterocycles. The van der Waals surface area contributed by atoms with Gasteiger partial charge in [0.05, 0.1) is 6.20 Å². The monoisotopic (exact) mass is 215 g/mol. The minimum Gasteiger partial charge on any atom is -0.475 e. The fraction of sp³-hybridized carbons (Fsp3) is 0. The molecule has 0 aliphatic carbocycles. The molecule has 1 aromatic carbocycles. The van der Waals surface area contributed by atoms with Gasteiger partial charge in [0.1, 0.15) is 0 Å². The Labute approximate surface area is 91.9 Å². The van der Waals surface area contributed by atoms with Gasteiger partial charge in [0, 0.05) is 6.08 Å². The zero-order chi connectivity index (χ0) is 11.4. The number of oxazole rings is 1. The maximum absolute atomic E-state index is 10.5. The van der Waals surface area contributed by atoms with Gasteiger partial charge in [0.15, 0.2) is 0 Å². The number of aromatic nitrogens is 1. The summed E-state index contributed by atoms with van der Waals surface area (Å²) in [5, 5.41) is 8.63. The van der Waals surface area contributed by atoms with Crippen LogP contribution in [0.5, 0.6) is 0 Å². The van der Waals surface area contributed by atoms with E-state index in [2.05, 4.69) is 4.98 Å². The summed E-state index contributed by atoms with van der Waals surface area (Å²) in [5.41, 5.74) is 0.998. The van der Waals surface area contributed by atoms with Gasteiger partial charge < -0.3 is 9.52 Å². The Morgan fingerprint density at radius 2 is 2.00 bits per heavy atom. The van der Waals surface area contributed by atoms with Crippen molar-refractivity contribution in [1.82, 2.24) is 4.98 Å². The van der Waals surface area contributed by atoms with Crippen LogP contribution in [0.1, 0.15) is 22.0 Å². The van der Waals surface area contributed by atoms with E-state index in [-0.39, 0.29) is 11.7 Å². The molecule has 1 aromatic heterocycles. The molecule has 80 valence electrons. The number of rotatable bonds is 3. The normalized spacial score (nSPS) is 10.8. The second kappa shape index (κ2) is 4.44. The highest BCUT2D eigenvalue weighted by Gasteiger charge is 2.07. The lowest BCUT2D eigenvalue weighted by Crippen LogP contribution is -1.91. The standard InChI is InChI=1S/C12H9NO3/c14-12(15)10-8-13-11(16-10)7-6-9-4-2-1-3-5-9/h1-8H,(H,14,15)/b7-6+. The molecule has 0 unspecified atom stereocenters. The van der Waals surface area contributed by atoms with Crippen molar-refractivity contribution in [1.29, 1.82) is 0 Å². The van der Waals surface area contributed by atoms with Gasteiger partial charge in [-0.25, -0.2) is 9.78 Å². The molecule has 4 heteroatoms. The average Bonchev–Trinajstić information content (AvgIpc) is 2.76. The zero-order valence-electron chi connectivity index (χ0n) is 8.33. The zero-order valence-corrected chi connectivity index (χ0v) is 8.33. The first kappa shape index (κ1) is 10.2. The van der Waals surface area contributed by atoms with Gasteiger partial charge in [-0.3, -0.25) is 0 Å². The molecule has 0 amide bonds. The number of carboxylic acids is 1. The van der Waals surface area contributed by atoms with Crippen molar-refractivity contribution in [2.75, 3.05) is 0 Å². The summed E-state index contributed by atoms with van der Waals surface area (Å²) in [6.45, 7) is 0. The quantitative estimate of drug-likeness (QED) is 0.854. The third kappa shape index (κ3) is 2.36. The minimum absolute atomic E-state index is 0.160. The summed E-state index contributed by atoms with van der Waals surface area (Å²) < 4.78 is 4.97. The highest BCUT2D eigenvalue weighted by atomic mass is 16.4. The molecule has 2 aromatic rings. The maximum atomic E-state index is 10.5. The number of hydrogen-bond donors (Lipinski definition) is 1. The number of nitrogens with zero attached hydrogens (tertiary/aromatic N) is 1. The Morgan fingerprint density at radius 3 is 2.62 bits per heavy atom. The first-order valence-corrected chi connectivity index (χ1v) is 4.68. The van der Waals surface area contributed by atoms with E-state index in [0.717, 1.165) is 5.56 Å². The molecule has 0 bridgehead atoms. The van der Waals surface area contributed by atoms with Crippen LogP contribution in [0, 0.1) is 0 Å². The van der Waals surface area contributed by atoms with Crippen molar-refractivity contribution in [3.63, 3.8) is 0 Å². The van der Waals surface area contributed by atoms with Gasteiger partial charge in [-0.1, -0.05) is 30.3 Å². The maximum Gasteiger partial charge on any atom is 0.373 e. The topological polar surface area (TPSA) is 63.3 Å². The Hall–Kier alpha value is -2.36. The van der Waals surface area contributed by atoms with Crippen molar-refractivity contribution in [2.45, 2.75) is 0 Å². The molecular weight excluding hydrogens is 206 g/mol. The van der Waals surface area contributed by atoms with Crippen LogP contribution in [-0.2, 0) is 0 Å². The van der Waals surface area contributed by atoms with E-state index < -0.39 is 5.97 Å². The van der Waals surface area contributed by atoms with Crippen molar-refractivity contribution in [3.8, 4) is 0 Å². The lowest BCUT2D eigenvalue weighted by molar-refractivity contribution is 0.0662. The molecule has 0 atom stereocenters. The van der Waals surface area contributed by atoms with Crippen LogP contribution in [0.15, 0.2) is 40.9 Å². The van der Waals surface area contributed by atoms with Gasteiger partial charge in [0.25, 0.3) is 0 Å². The fourth-order valence-corrected chi connectivity index (χ4v) is 1.20. The van der Waals surface area contributed by atoms with Crippen molar-refractivity contribution in [2.24, 2.45) is 0 Å². The number of benzene rings is 1. The Bertz CT molecular complexity index is 514. The molecule has 2 rings (SSSR count). The van der Waals surface area contributed by atoms with Crippen LogP contribution in [0.2, 0.25) is 0 Å². The summed E-state index contributed by atoms with van der Waals surface area (Å²) in [4.78, 5) is 14.3. The summed E-state index contributed by atoms with van der Waals surface area (Å²) in [5.74, 6) is -0.999. The van der Waals surface area contributed by atoms with E-state index in [9.17, 15) is 4.79 Å². The smallest absolute Gasteiger partial charge is 0.373 e. The molecular formula is C12H9NO3. The molecule has 1 N–H and O–H groups in total. The molecule has 0 fully saturated rings. The summed E-state index contributed by atoms with van der Waals surface area (Å²) in [7, 11) is 0. The first-order chi connectivity index (χ1) is 7.75. The van der Waals surface area contributed by atoms with Gasteiger partial charge in [0.2, 0.25) is 11.7 Å². The van der Waals surface area contributed by atoms with Crippen LogP contribution in [0.25, 0.3) is 12.2 Å². The van der Waals surface area contributed by atoms with Gasteiger partial charge in [-0.15, -0.1) is 0 Å². The second-order valence-corrected chi connectivity index (χ2v) is 3.11. The predicted octanol–water partition coefficient (Wildman–Crippen LogP) is 2.54. The Kier molecular flexibility index (Phi) is 2.82. The molecule has 0 saturated heterocycles. The Morgan fingerprint density at radius 1 is 1.25 bits per heavy atom. The summed E-state index contributed by atoms with van der Waals surface area (Å²) in [6.07, 6.45) is 4.62. The average molecular weight is 215 g/mol. The highest BCUT2D eigenvalue weighted by Crippen LogP contribution is 2.08. The first-order valence-electron chi connectivity index (χ1n) is 4.68. The summed E-state index contributed by atoms with van der Waals surface area (Å²) >= 11 is 0. The molecule has 4 nitrogen and oxygen atoms in total. The van der Waals surface area contributed by atoms with Gasteiger partial charge in [-0.2, -0.15) is 0 Å². The van der Waals surface area contributed by atoms with Crippen LogP contribution in [-0.4, -0.2) is 16.1 Å². The molecule has 0 spiro atoms. The SMILES string of the molecule is O=C(O)c1cnc(/C=C/c2ccccc2)o1. The predicted molar refractivity (Wildman–Crippen MR) is 58.8 cm³/mol. The molecule has 0 aliphatic heterocycles. The summed E-state index contributed by atoms with van der Waals surface area (Å²) in [6, 6.07) is 9.61. The highest BCUT2D eigenvalue weighted by molar-refractivity contribution is 5.84. The van der Waals surface area contributed by atoms with E-state index in [1.54, 1.807) is 12.2 Å². The third-order valence-corrected chi connectivity index (χ3v) is 1.95. The fourth-order valence-electron chi connectivity index (χ4n) is 1.20.